The number of aryl methyl sites for hydroxylation is 2. The molecule has 1 atom stereocenters. The first kappa shape index (κ1) is 12.6. The Kier molecular flexibility index (Phi) is 4.19. The van der Waals surface area contributed by atoms with E-state index in [4.69, 9.17) is 0 Å². The van der Waals surface area contributed by atoms with Crippen LogP contribution in [0, 0.1) is 13.8 Å². The van der Waals surface area contributed by atoms with Gasteiger partial charge >= 0.3 is 0 Å². The van der Waals surface area contributed by atoms with Crippen molar-refractivity contribution in [3.63, 3.8) is 0 Å². The highest BCUT2D eigenvalue weighted by Gasteiger charge is 2.21. The summed E-state index contributed by atoms with van der Waals surface area (Å²) in [5.74, 6) is 0. The number of nitrogens with zero attached hydrogens (tertiary/aromatic N) is 1. The zero-order chi connectivity index (χ0) is 12.3. The van der Waals surface area contributed by atoms with Crippen LogP contribution in [0.5, 0.6) is 0 Å². The molecule has 0 aromatic heterocycles. The highest BCUT2D eigenvalue weighted by molar-refractivity contribution is 5.33. The van der Waals surface area contributed by atoms with Crippen LogP contribution in [0.1, 0.15) is 36.1 Å². The molecule has 0 bridgehead atoms. The molecule has 1 aliphatic rings. The van der Waals surface area contributed by atoms with E-state index < -0.39 is 0 Å². The molecule has 0 amide bonds. The minimum atomic E-state index is 0.594. The zero-order valence-corrected chi connectivity index (χ0v) is 11.3. The third kappa shape index (κ3) is 2.88. The van der Waals surface area contributed by atoms with E-state index in [0.717, 1.165) is 13.1 Å². The Hall–Kier alpha value is -0.860. The second-order valence-corrected chi connectivity index (χ2v) is 5.07. The average molecular weight is 232 g/mol. The lowest BCUT2D eigenvalue weighted by atomic mass is 9.95. The van der Waals surface area contributed by atoms with E-state index in [-0.39, 0.29) is 0 Å². The largest absolute Gasteiger partial charge is 0.314 e. The predicted octanol–water partition coefficient (Wildman–Crippen LogP) is 2.66. The van der Waals surface area contributed by atoms with Crippen LogP contribution in [0.4, 0.5) is 0 Å². The van der Waals surface area contributed by atoms with Crippen molar-refractivity contribution in [1.29, 1.82) is 0 Å². The molecule has 94 valence electrons. The van der Waals surface area contributed by atoms with Gasteiger partial charge in [-0.2, -0.15) is 0 Å². The molecule has 1 saturated heterocycles. The summed E-state index contributed by atoms with van der Waals surface area (Å²) in [6.07, 6.45) is 1.20. The van der Waals surface area contributed by atoms with E-state index in [1.54, 1.807) is 0 Å². The van der Waals surface area contributed by atoms with Crippen molar-refractivity contribution in [3.8, 4) is 0 Å². The standard InChI is InChI=1S/C15H24N2/c1-4-15(17-9-7-16-8-10-17)14-11-12(2)5-6-13(14)3/h5-6,11,15-16H,4,7-10H2,1-3H3/t15-/m0/s1. The van der Waals surface area contributed by atoms with Gasteiger partial charge in [-0.1, -0.05) is 30.7 Å². The molecule has 0 saturated carbocycles. The molecule has 1 fully saturated rings. The van der Waals surface area contributed by atoms with Crippen molar-refractivity contribution in [3.05, 3.63) is 34.9 Å². The van der Waals surface area contributed by atoms with Crippen LogP contribution in [0.25, 0.3) is 0 Å². The molecule has 1 aromatic carbocycles. The van der Waals surface area contributed by atoms with Gasteiger partial charge in [-0.15, -0.1) is 0 Å². The lowest BCUT2D eigenvalue weighted by Gasteiger charge is -2.35. The molecular formula is C15H24N2. The Balaban J connectivity index is 2.24. The Labute approximate surface area is 105 Å². The maximum Gasteiger partial charge on any atom is 0.0349 e. The highest BCUT2D eigenvalue weighted by atomic mass is 15.2. The van der Waals surface area contributed by atoms with Crippen molar-refractivity contribution < 1.29 is 0 Å². The molecule has 1 aromatic rings. The molecule has 1 aliphatic heterocycles. The Morgan fingerprint density at radius 2 is 1.94 bits per heavy atom. The fourth-order valence-electron chi connectivity index (χ4n) is 2.79. The first-order chi connectivity index (χ1) is 8.22. The number of nitrogens with one attached hydrogen (secondary N) is 1. The van der Waals surface area contributed by atoms with E-state index in [0.29, 0.717) is 6.04 Å². The highest BCUT2D eigenvalue weighted by Crippen LogP contribution is 2.27. The third-order valence-corrected chi connectivity index (χ3v) is 3.77. The first-order valence-electron chi connectivity index (χ1n) is 6.74. The molecule has 1 N–H and O–H groups in total. The van der Waals surface area contributed by atoms with Crippen LogP contribution in [-0.2, 0) is 0 Å². The number of hydrogen-bond acceptors (Lipinski definition) is 2. The summed E-state index contributed by atoms with van der Waals surface area (Å²) in [5.41, 5.74) is 4.33. The predicted molar refractivity (Wildman–Crippen MR) is 73.4 cm³/mol. The SMILES string of the molecule is CC[C@@H](c1cc(C)ccc1C)N1CCNCC1. The molecule has 1 heterocycles. The van der Waals surface area contributed by atoms with Crippen molar-refractivity contribution in [1.82, 2.24) is 10.2 Å². The Morgan fingerprint density at radius 1 is 1.24 bits per heavy atom. The van der Waals surface area contributed by atoms with Crippen molar-refractivity contribution in [2.24, 2.45) is 0 Å². The topological polar surface area (TPSA) is 15.3 Å². The van der Waals surface area contributed by atoms with Crippen LogP contribution in [0.3, 0.4) is 0 Å². The minimum Gasteiger partial charge on any atom is -0.314 e. The van der Waals surface area contributed by atoms with Crippen LogP contribution in [0.2, 0.25) is 0 Å². The van der Waals surface area contributed by atoms with Crippen LogP contribution in [-0.4, -0.2) is 31.1 Å². The maximum absolute atomic E-state index is 3.43. The van der Waals surface area contributed by atoms with Gasteiger partial charge in [0.15, 0.2) is 0 Å². The van der Waals surface area contributed by atoms with E-state index in [2.05, 4.69) is 49.2 Å². The van der Waals surface area contributed by atoms with E-state index in [9.17, 15) is 0 Å². The van der Waals surface area contributed by atoms with Gasteiger partial charge in [0, 0.05) is 32.2 Å². The summed E-state index contributed by atoms with van der Waals surface area (Å²) in [6, 6.07) is 7.43. The quantitative estimate of drug-likeness (QED) is 0.862. The normalized spacial score (nSPS) is 19.2. The number of benzene rings is 1. The molecule has 17 heavy (non-hydrogen) atoms. The summed E-state index contributed by atoms with van der Waals surface area (Å²) in [7, 11) is 0. The number of hydrogen-bond donors (Lipinski definition) is 1. The fraction of sp³-hybridized carbons (Fsp3) is 0.600. The molecule has 0 radical (unpaired) electrons. The summed E-state index contributed by atoms with van der Waals surface area (Å²) in [5, 5.41) is 3.43. The van der Waals surface area contributed by atoms with Crippen molar-refractivity contribution in [2.45, 2.75) is 33.2 Å². The molecule has 2 rings (SSSR count). The Bertz CT molecular complexity index is 367. The zero-order valence-electron chi connectivity index (χ0n) is 11.3. The number of rotatable bonds is 3. The molecule has 0 unspecified atom stereocenters. The lowest BCUT2D eigenvalue weighted by molar-refractivity contribution is 0.169. The van der Waals surface area contributed by atoms with Gasteiger partial charge in [-0.05, 0) is 31.4 Å². The van der Waals surface area contributed by atoms with Gasteiger partial charge in [0.25, 0.3) is 0 Å². The van der Waals surface area contributed by atoms with Crippen LogP contribution >= 0.6 is 0 Å². The van der Waals surface area contributed by atoms with Crippen LogP contribution in [0.15, 0.2) is 18.2 Å². The van der Waals surface area contributed by atoms with Crippen molar-refractivity contribution in [2.75, 3.05) is 26.2 Å². The fourth-order valence-corrected chi connectivity index (χ4v) is 2.79. The molecule has 2 heteroatoms. The van der Waals surface area contributed by atoms with Gasteiger partial charge in [-0.3, -0.25) is 4.90 Å². The van der Waals surface area contributed by atoms with E-state index >= 15 is 0 Å². The second kappa shape index (κ2) is 5.65. The third-order valence-electron chi connectivity index (χ3n) is 3.77. The molecular weight excluding hydrogens is 208 g/mol. The summed E-state index contributed by atoms with van der Waals surface area (Å²) in [4.78, 5) is 2.62. The maximum atomic E-state index is 3.43. The van der Waals surface area contributed by atoms with E-state index in [1.807, 2.05) is 0 Å². The lowest BCUT2D eigenvalue weighted by Crippen LogP contribution is -2.45. The van der Waals surface area contributed by atoms with Gasteiger partial charge in [-0.25, -0.2) is 0 Å². The monoisotopic (exact) mass is 232 g/mol. The smallest absolute Gasteiger partial charge is 0.0349 e. The summed E-state index contributed by atoms with van der Waals surface area (Å²) in [6.45, 7) is 11.3. The van der Waals surface area contributed by atoms with Crippen LogP contribution < -0.4 is 5.32 Å². The second-order valence-electron chi connectivity index (χ2n) is 5.07. The molecule has 0 spiro atoms. The van der Waals surface area contributed by atoms with Gasteiger partial charge in [0.1, 0.15) is 0 Å². The van der Waals surface area contributed by atoms with Gasteiger partial charge in [0.05, 0.1) is 0 Å². The first-order valence-corrected chi connectivity index (χ1v) is 6.74. The Morgan fingerprint density at radius 3 is 2.59 bits per heavy atom. The summed E-state index contributed by atoms with van der Waals surface area (Å²) < 4.78 is 0. The number of piperazine rings is 1. The van der Waals surface area contributed by atoms with Gasteiger partial charge in [0.2, 0.25) is 0 Å². The summed E-state index contributed by atoms with van der Waals surface area (Å²) >= 11 is 0. The minimum absolute atomic E-state index is 0.594. The average Bonchev–Trinajstić information content (AvgIpc) is 2.36. The van der Waals surface area contributed by atoms with E-state index in [1.165, 1.54) is 36.2 Å². The molecule has 0 aliphatic carbocycles. The van der Waals surface area contributed by atoms with Crippen molar-refractivity contribution >= 4 is 0 Å². The van der Waals surface area contributed by atoms with Gasteiger partial charge < -0.3 is 5.32 Å². The molecule has 2 nitrogen and oxygen atoms in total.